The first-order chi connectivity index (χ1) is 14.0. The number of amides is 1. The molecule has 1 amide bonds. The molecule has 1 aliphatic rings. The molecule has 0 unspecified atom stereocenters. The highest BCUT2D eigenvalue weighted by Crippen LogP contribution is 2.16. The van der Waals surface area contributed by atoms with E-state index in [1.54, 1.807) is 0 Å². The van der Waals surface area contributed by atoms with E-state index in [2.05, 4.69) is 84.1 Å². The molecule has 0 radical (unpaired) electrons. The van der Waals surface area contributed by atoms with Crippen LogP contribution in [0.4, 0.5) is 5.69 Å². The molecule has 0 aromatic heterocycles. The first-order valence-corrected chi connectivity index (χ1v) is 10.2. The standard InChI is InChI=1S/C23H31N5O.HI/c1-4-24-23(27-15-20-8-5-17(2)13-18(20)3)26-14-19-6-9-21(10-7-19)28-12-11-25-22(29)16-28;/h5-10,13H,4,11-12,14-16H2,1-3H3,(H,25,29)(H2,24,26,27);1H. The Hall–Kier alpha value is -2.29. The maximum absolute atomic E-state index is 11.6. The lowest BCUT2D eigenvalue weighted by atomic mass is 10.1. The number of nitrogens with zero attached hydrogens (tertiary/aromatic N) is 2. The summed E-state index contributed by atoms with van der Waals surface area (Å²) in [5, 5.41) is 9.59. The van der Waals surface area contributed by atoms with Crippen LogP contribution >= 0.6 is 24.0 Å². The van der Waals surface area contributed by atoms with Crippen LogP contribution in [0.2, 0.25) is 0 Å². The minimum atomic E-state index is 0. The molecule has 0 bridgehead atoms. The number of hydrogen-bond donors (Lipinski definition) is 3. The van der Waals surface area contributed by atoms with Crippen molar-refractivity contribution in [1.29, 1.82) is 0 Å². The van der Waals surface area contributed by atoms with Crippen molar-refractivity contribution in [3.63, 3.8) is 0 Å². The summed E-state index contributed by atoms with van der Waals surface area (Å²) >= 11 is 0. The Morgan fingerprint density at radius 2 is 1.90 bits per heavy atom. The monoisotopic (exact) mass is 521 g/mol. The van der Waals surface area contributed by atoms with Crippen molar-refractivity contribution in [3.05, 3.63) is 64.7 Å². The van der Waals surface area contributed by atoms with E-state index in [4.69, 9.17) is 4.99 Å². The second-order valence-electron chi connectivity index (χ2n) is 7.42. The molecule has 1 saturated heterocycles. The van der Waals surface area contributed by atoms with Crippen LogP contribution < -0.4 is 20.9 Å². The first-order valence-electron chi connectivity index (χ1n) is 10.2. The molecule has 0 aliphatic carbocycles. The lowest BCUT2D eigenvalue weighted by Gasteiger charge is -2.28. The Morgan fingerprint density at radius 3 is 2.57 bits per heavy atom. The Balaban J connectivity index is 0.00000320. The summed E-state index contributed by atoms with van der Waals surface area (Å²) in [6.07, 6.45) is 0. The smallest absolute Gasteiger partial charge is 0.239 e. The number of piperazine rings is 1. The largest absolute Gasteiger partial charge is 0.360 e. The molecule has 2 aromatic carbocycles. The van der Waals surface area contributed by atoms with Gasteiger partial charge in [0.05, 0.1) is 13.1 Å². The molecule has 30 heavy (non-hydrogen) atoms. The Labute approximate surface area is 196 Å². The van der Waals surface area contributed by atoms with Crippen LogP contribution in [0.15, 0.2) is 47.5 Å². The van der Waals surface area contributed by atoms with E-state index in [9.17, 15) is 4.79 Å². The Kier molecular flexibility index (Phi) is 9.42. The number of benzene rings is 2. The van der Waals surface area contributed by atoms with Gasteiger partial charge in [0.25, 0.3) is 0 Å². The Bertz CT molecular complexity index is 866. The number of guanidine groups is 1. The topological polar surface area (TPSA) is 68.8 Å². The maximum atomic E-state index is 11.6. The highest BCUT2D eigenvalue weighted by molar-refractivity contribution is 14.0. The number of aryl methyl sites for hydroxylation is 2. The molecule has 6 nitrogen and oxygen atoms in total. The quantitative estimate of drug-likeness (QED) is 0.311. The fourth-order valence-electron chi connectivity index (χ4n) is 3.41. The third-order valence-corrected chi connectivity index (χ3v) is 5.05. The Morgan fingerprint density at radius 1 is 1.13 bits per heavy atom. The van der Waals surface area contributed by atoms with Gasteiger partial charge in [-0.15, -0.1) is 24.0 Å². The summed E-state index contributed by atoms with van der Waals surface area (Å²) in [4.78, 5) is 18.4. The number of hydrogen-bond acceptors (Lipinski definition) is 3. The summed E-state index contributed by atoms with van der Waals surface area (Å²) in [5.74, 6) is 0.888. The normalized spacial score (nSPS) is 14.0. The minimum Gasteiger partial charge on any atom is -0.360 e. The third-order valence-electron chi connectivity index (χ3n) is 5.05. The molecule has 7 heteroatoms. The van der Waals surface area contributed by atoms with Crippen LogP contribution in [0, 0.1) is 13.8 Å². The number of anilines is 1. The van der Waals surface area contributed by atoms with Crippen molar-refractivity contribution in [2.75, 3.05) is 31.1 Å². The van der Waals surface area contributed by atoms with Crippen molar-refractivity contribution >= 4 is 41.5 Å². The second kappa shape index (κ2) is 11.8. The number of rotatable bonds is 6. The SMILES string of the molecule is CCNC(=NCc1ccc(N2CCNC(=O)C2)cc1)NCc1ccc(C)cc1C.I. The third kappa shape index (κ3) is 6.90. The molecule has 1 aliphatic heterocycles. The number of carbonyl (C=O) groups excluding carboxylic acids is 1. The van der Waals surface area contributed by atoms with Crippen molar-refractivity contribution in [2.24, 2.45) is 4.99 Å². The average molecular weight is 521 g/mol. The molecule has 1 heterocycles. The molecule has 162 valence electrons. The molecule has 0 atom stereocenters. The van der Waals surface area contributed by atoms with Crippen LogP contribution in [0.25, 0.3) is 0 Å². The van der Waals surface area contributed by atoms with Crippen LogP contribution in [-0.4, -0.2) is 38.0 Å². The molecule has 2 aromatic rings. The zero-order chi connectivity index (χ0) is 20.6. The molecular formula is C23H32IN5O. The second-order valence-corrected chi connectivity index (χ2v) is 7.42. The number of carbonyl (C=O) groups is 1. The fraction of sp³-hybridized carbons (Fsp3) is 0.391. The van der Waals surface area contributed by atoms with Gasteiger partial charge in [0.1, 0.15) is 0 Å². The van der Waals surface area contributed by atoms with Gasteiger partial charge in [-0.3, -0.25) is 4.79 Å². The summed E-state index contributed by atoms with van der Waals surface area (Å²) < 4.78 is 0. The van der Waals surface area contributed by atoms with Crippen LogP contribution in [0.5, 0.6) is 0 Å². The van der Waals surface area contributed by atoms with Crippen molar-refractivity contribution < 1.29 is 4.79 Å². The summed E-state index contributed by atoms with van der Waals surface area (Å²) in [6.45, 7) is 10.4. The van der Waals surface area contributed by atoms with Gasteiger partial charge in [-0.05, 0) is 49.6 Å². The lowest BCUT2D eigenvalue weighted by Crippen LogP contribution is -2.47. The average Bonchev–Trinajstić information content (AvgIpc) is 2.71. The fourth-order valence-corrected chi connectivity index (χ4v) is 3.41. The molecular weight excluding hydrogens is 489 g/mol. The zero-order valence-corrected chi connectivity index (χ0v) is 20.3. The van der Waals surface area contributed by atoms with E-state index in [0.29, 0.717) is 19.6 Å². The van der Waals surface area contributed by atoms with Crippen molar-refractivity contribution in [2.45, 2.75) is 33.9 Å². The number of halogens is 1. The van der Waals surface area contributed by atoms with E-state index in [-0.39, 0.29) is 29.9 Å². The van der Waals surface area contributed by atoms with Gasteiger partial charge in [-0.25, -0.2) is 4.99 Å². The summed E-state index contributed by atoms with van der Waals surface area (Å²) in [6, 6.07) is 14.8. The van der Waals surface area contributed by atoms with Crippen molar-refractivity contribution in [3.8, 4) is 0 Å². The van der Waals surface area contributed by atoms with E-state index >= 15 is 0 Å². The molecule has 0 spiro atoms. The highest BCUT2D eigenvalue weighted by Gasteiger charge is 2.16. The van der Waals surface area contributed by atoms with Crippen LogP contribution in [-0.2, 0) is 17.9 Å². The van der Waals surface area contributed by atoms with Crippen LogP contribution in [0.1, 0.15) is 29.2 Å². The number of nitrogens with one attached hydrogen (secondary N) is 3. The highest BCUT2D eigenvalue weighted by atomic mass is 127. The lowest BCUT2D eigenvalue weighted by molar-refractivity contribution is -0.120. The zero-order valence-electron chi connectivity index (χ0n) is 18.0. The number of aliphatic imine (C=N–C) groups is 1. The van der Waals surface area contributed by atoms with Gasteiger partial charge < -0.3 is 20.9 Å². The van der Waals surface area contributed by atoms with Gasteiger partial charge in [0.2, 0.25) is 5.91 Å². The molecule has 3 N–H and O–H groups in total. The van der Waals surface area contributed by atoms with Gasteiger partial charge in [-0.1, -0.05) is 35.9 Å². The van der Waals surface area contributed by atoms with Gasteiger partial charge in [-0.2, -0.15) is 0 Å². The van der Waals surface area contributed by atoms with E-state index < -0.39 is 0 Å². The minimum absolute atomic E-state index is 0. The van der Waals surface area contributed by atoms with E-state index in [0.717, 1.165) is 36.8 Å². The predicted octanol–water partition coefficient (Wildman–Crippen LogP) is 3.11. The molecule has 3 rings (SSSR count). The van der Waals surface area contributed by atoms with E-state index in [1.165, 1.54) is 16.7 Å². The van der Waals surface area contributed by atoms with Crippen molar-refractivity contribution in [1.82, 2.24) is 16.0 Å². The summed E-state index contributed by atoms with van der Waals surface area (Å²) in [5.41, 5.74) is 6.05. The van der Waals surface area contributed by atoms with Gasteiger partial charge >= 0.3 is 0 Å². The maximum Gasteiger partial charge on any atom is 0.239 e. The molecule has 1 fully saturated rings. The molecule has 0 saturated carbocycles. The van der Waals surface area contributed by atoms with Gasteiger partial charge in [0, 0.05) is 31.9 Å². The van der Waals surface area contributed by atoms with Crippen LogP contribution in [0.3, 0.4) is 0 Å². The first kappa shape index (κ1) is 24.0. The summed E-state index contributed by atoms with van der Waals surface area (Å²) in [7, 11) is 0. The van der Waals surface area contributed by atoms with Gasteiger partial charge in [0.15, 0.2) is 5.96 Å². The predicted molar refractivity (Wildman–Crippen MR) is 135 cm³/mol. The van der Waals surface area contributed by atoms with E-state index in [1.807, 2.05) is 0 Å².